The number of nitrogens with one attached hydrogen (secondary N) is 2. The van der Waals surface area contributed by atoms with Crippen molar-refractivity contribution in [3.63, 3.8) is 0 Å². The lowest BCUT2D eigenvalue weighted by molar-refractivity contribution is -0.108. The predicted molar refractivity (Wildman–Crippen MR) is 38.0 cm³/mol. The average Bonchev–Trinajstić information content (AvgIpc) is 1.59. The number of carbonyl (C=O) groups is 2. The van der Waals surface area contributed by atoms with Crippen LogP contribution in [0.25, 0.3) is 0 Å². The number of carbonyl (C=O) groups excluding carboxylic acids is 2. The second-order valence-electron chi connectivity index (χ2n) is 1.21. The molecule has 0 rings (SSSR count). The van der Waals surface area contributed by atoms with Crippen LogP contribution in [0, 0.1) is 0 Å². The fraction of sp³-hybridized carbons (Fsp3) is 0.333. The molecule has 0 aliphatic carbocycles. The lowest BCUT2D eigenvalue weighted by atomic mass is 10.9. The first-order valence-corrected chi connectivity index (χ1v) is 3.18. The third-order valence-electron chi connectivity index (χ3n) is 0.445. The summed E-state index contributed by atoms with van der Waals surface area (Å²) in [5.74, 6) is 0. The Morgan fingerprint density at radius 1 is 1.40 bits per heavy atom. The highest BCUT2D eigenvalue weighted by atomic mass is 35.6. The highest BCUT2D eigenvalue weighted by molar-refractivity contribution is 6.67. The molecule has 0 atom stereocenters. The molecule has 0 bridgehead atoms. The predicted octanol–water partition coefficient (Wildman–Crippen LogP) is 0.770. The van der Waals surface area contributed by atoms with E-state index >= 15 is 0 Å². The molecule has 3 amide bonds. The SMILES string of the molecule is O=CNC(=O)NC(Cl)(Cl)Cl. The molecule has 0 aromatic heterocycles. The molecule has 0 spiro atoms. The van der Waals surface area contributed by atoms with Gasteiger partial charge < -0.3 is 0 Å². The second-order valence-corrected chi connectivity index (χ2v) is 3.50. The molecule has 4 nitrogen and oxygen atoms in total. The maximum absolute atomic E-state index is 10.4. The summed E-state index contributed by atoms with van der Waals surface area (Å²) >= 11 is 15.3. The van der Waals surface area contributed by atoms with Crippen LogP contribution in [-0.2, 0) is 4.79 Å². The van der Waals surface area contributed by atoms with E-state index in [2.05, 4.69) is 0 Å². The molecule has 0 unspecified atom stereocenters. The molecule has 10 heavy (non-hydrogen) atoms. The summed E-state index contributed by atoms with van der Waals surface area (Å²) in [6, 6.07) is -0.866. The van der Waals surface area contributed by atoms with E-state index in [0.717, 1.165) is 0 Å². The fourth-order valence-corrected chi connectivity index (χ4v) is 0.476. The third kappa shape index (κ3) is 5.94. The van der Waals surface area contributed by atoms with E-state index in [9.17, 15) is 9.59 Å². The minimum absolute atomic E-state index is 0.172. The van der Waals surface area contributed by atoms with Gasteiger partial charge in [-0.15, -0.1) is 0 Å². The number of imide groups is 1. The van der Waals surface area contributed by atoms with Crippen LogP contribution in [0.5, 0.6) is 0 Å². The first kappa shape index (κ1) is 9.81. The van der Waals surface area contributed by atoms with Crippen LogP contribution in [0.4, 0.5) is 4.79 Å². The van der Waals surface area contributed by atoms with Crippen molar-refractivity contribution in [2.24, 2.45) is 0 Å². The van der Waals surface area contributed by atoms with Crippen molar-refractivity contribution in [2.75, 3.05) is 0 Å². The summed E-state index contributed by atoms with van der Waals surface area (Å²) in [5.41, 5.74) is 0. The molecular formula is C3H3Cl3N2O2. The van der Waals surface area contributed by atoms with Crippen LogP contribution in [0.3, 0.4) is 0 Å². The largest absolute Gasteiger partial charge is 0.324 e. The van der Waals surface area contributed by atoms with Crippen molar-refractivity contribution in [2.45, 2.75) is 3.92 Å². The molecule has 0 heterocycles. The maximum Gasteiger partial charge on any atom is 0.324 e. The van der Waals surface area contributed by atoms with Crippen molar-refractivity contribution < 1.29 is 9.59 Å². The maximum atomic E-state index is 10.4. The molecular weight excluding hydrogens is 202 g/mol. The van der Waals surface area contributed by atoms with Gasteiger partial charge in [0.25, 0.3) is 3.92 Å². The van der Waals surface area contributed by atoms with E-state index in [0.29, 0.717) is 0 Å². The number of hydrogen-bond donors (Lipinski definition) is 2. The van der Waals surface area contributed by atoms with Crippen molar-refractivity contribution in [1.82, 2.24) is 10.6 Å². The summed E-state index contributed by atoms with van der Waals surface area (Å²) in [6.07, 6.45) is 0.172. The zero-order valence-electron chi connectivity index (χ0n) is 4.53. The smallest absolute Gasteiger partial charge is 0.293 e. The van der Waals surface area contributed by atoms with Gasteiger partial charge in [0.2, 0.25) is 6.41 Å². The summed E-state index contributed by atoms with van der Waals surface area (Å²) in [6.45, 7) is 0. The molecule has 58 valence electrons. The van der Waals surface area contributed by atoms with Crippen molar-refractivity contribution >= 4 is 47.2 Å². The van der Waals surface area contributed by atoms with Gasteiger partial charge in [0, 0.05) is 0 Å². The summed E-state index contributed by atoms with van der Waals surface area (Å²) in [5, 5.41) is 3.55. The van der Waals surface area contributed by atoms with E-state index in [-0.39, 0.29) is 6.41 Å². The van der Waals surface area contributed by atoms with Crippen LogP contribution in [0.1, 0.15) is 0 Å². The van der Waals surface area contributed by atoms with E-state index in [4.69, 9.17) is 34.8 Å². The Balaban J connectivity index is 3.68. The molecule has 0 fully saturated rings. The van der Waals surface area contributed by atoms with Crippen LogP contribution in [0.15, 0.2) is 0 Å². The third-order valence-corrected chi connectivity index (χ3v) is 0.729. The van der Waals surface area contributed by atoms with Crippen molar-refractivity contribution in [3.8, 4) is 0 Å². The number of urea groups is 1. The summed E-state index contributed by atoms with van der Waals surface area (Å²) in [7, 11) is 0. The number of halogens is 3. The average molecular weight is 205 g/mol. The number of amides is 3. The lowest BCUT2D eigenvalue weighted by Gasteiger charge is -2.10. The van der Waals surface area contributed by atoms with Gasteiger partial charge in [0.1, 0.15) is 0 Å². The van der Waals surface area contributed by atoms with Gasteiger partial charge in [0.05, 0.1) is 0 Å². The molecule has 2 N–H and O–H groups in total. The zero-order valence-corrected chi connectivity index (χ0v) is 6.80. The minimum atomic E-state index is -1.88. The van der Waals surface area contributed by atoms with E-state index in [1.165, 1.54) is 0 Å². The van der Waals surface area contributed by atoms with E-state index in [1.54, 1.807) is 5.32 Å². The van der Waals surface area contributed by atoms with Gasteiger partial charge in [-0.05, 0) is 0 Å². The Labute approximate surface area is 71.8 Å². The van der Waals surface area contributed by atoms with Crippen LogP contribution in [0.2, 0.25) is 0 Å². The Bertz CT molecular complexity index is 143. The number of hydrogen-bond acceptors (Lipinski definition) is 2. The Hall–Kier alpha value is -0.190. The molecule has 0 saturated heterocycles. The normalized spacial score (nSPS) is 10.3. The van der Waals surface area contributed by atoms with Gasteiger partial charge in [-0.25, -0.2) is 4.79 Å². The molecule has 7 heteroatoms. The summed E-state index contributed by atoms with van der Waals surface area (Å²) in [4.78, 5) is 20.0. The second kappa shape index (κ2) is 3.85. The van der Waals surface area contributed by atoms with Crippen molar-refractivity contribution in [3.05, 3.63) is 0 Å². The molecule has 0 aliphatic heterocycles. The molecule has 0 aromatic rings. The van der Waals surface area contributed by atoms with Gasteiger partial charge in [-0.1, -0.05) is 34.8 Å². The molecule has 0 aliphatic rings. The first-order chi connectivity index (χ1) is 4.45. The van der Waals surface area contributed by atoms with Crippen molar-refractivity contribution in [1.29, 1.82) is 0 Å². The molecule has 0 radical (unpaired) electrons. The van der Waals surface area contributed by atoms with Gasteiger partial charge in [0.15, 0.2) is 0 Å². The number of alkyl halides is 3. The number of rotatable bonds is 1. The Kier molecular flexibility index (Phi) is 3.78. The van der Waals surface area contributed by atoms with E-state index < -0.39 is 9.95 Å². The van der Waals surface area contributed by atoms with Gasteiger partial charge in [-0.3, -0.25) is 15.4 Å². The quantitative estimate of drug-likeness (QED) is 0.377. The molecule has 0 aromatic carbocycles. The highest BCUT2D eigenvalue weighted by Gasteiger charge is 2.21. The Morgan fingerprint density at radius 3 is 2.20 bits per heavy atom. The topological polar surface area (TPSA) is 58.2 Å². The van der Waals surface area contributed by atoms with Gasteiger partial charge >= 0.3 is 6.03 Å². The highest BCUT2D eigenvalue weighted by Crippen LogP contribution is 2.21. The lowest BCUT2D eigenvalue weighted by Crippen LogP contribution is -2.41. The first-order valence-electron chi connectivity index (χ1n) is 2.05. The van der Waals surface area contributed by atoms with Gasteiger partial charge in [-0.2, -0.15) is 0 Å². The van der Waals surface area contributed by atoms with Crippen LogP contribution in [-0.4, -0.2) is 16.4 Å². The molecule has 0 saturated carbocycles. The zero-order chi connectivity index (χ0) is 8.20. The monoisotopic (exact) mass is 204 g/mol. The van der Waals surface area contributed by atoms with Crippen LogP contribution < -0.4 is 10.6 Å². The Morgan fingerprint density at radius 2 is 1.90 bits per heavy atom. The van der Waals surface area contributed by atoms with Crippen LogP contribution >= 0.6 is 34.8 Å². The minimum Gasteiger partial charge on any atom is -0.293 e. The van der Waals surface area contributed by atoms with E-state index in [1.807, 2.05) is 5.32 Å². The standard InChI is InChI=1S/C3H3Cl3N2O2/c4-3(5,6)8-2(10)7-1-9/h1H,(H2,7,8,9,10). The fourth-order valence-electron chi connectivity index (χ4n) is 0.218. The summed E-state index contributed by atoms with van der Waals surface area (Å²) < 4.78 is -1.88.